The van der Waals surface area contributed by atoms with Crippen molar-refractivity contribution in [2.75, 3.05) is 0 Å². The lowest BCUT2D eigenvalue weighted by Crippen LogP contribution is -2.14. The Morgan fingerprint density at radius 1 is 1.36 bits per heavy atom. The fraction of sp³-hybridized carbons (Fsp3) is 0.235. The van der Waals surface area contributed by atoms with Crippen LogP contribution in [0.15, 0.2) is 49.8 Å². The number of rotatable bonds is 5. The van der Waals surface area contributed by atoms with Crippen molar-refractivity contribution in [3.8, 4) is 6.01 Å². The van der Waals surface area contributed by atoms with Gasteiger partial charge >= 0.3 is 11.6 Å². The highest BCUT2D eigenvalue weighted by Gasteiger charge is 2.12. The summed E-state index contributed by atoms with van der Waals surface area (Å²) in [6, 6.07) is 4.78. The summed E-state index contributed by atoms with van der Waals surface area (Å²) in [7, 11) is 0. The van der Waals surface area contributed by atoms with Gasteiger partial charge in [-0.25, -0.2) is 4.79 Å². The number of oxime groups is 1. The van der Waals surface area contributed by atoms with Gasteiger partial charge in [-0.15, -0.1) is 0 Å². The number of pyridine rings is 1. The van der Waals surface area contributed by atoms with Crippen molar-refractivity contribution in [3.63, 3.8) is 0 Å². The fourth-order valence-corrected chi connectivity index (χ4v) is 2.40. The molecule has 0 aromatic carbocycles. The zero-order valence-corrected chi connectivity index (χ0v) is 13.8. The molecule has 0 radical (unpaired) electrons. The van der Waals surface area contributed by atoms with E-state index in [1.807, 2.05) is 19.9 Å². The first kappa shape index (κ1) is 16.6. The zero-order chi connectivity index (χ0) is 17.8. The number of aryl methyl sites for hydroxylation is 1. The van der Waals surface area contributed by atoms with E-state index in [9.17, 15) is 9.59 Å². The Kier molecular flexibility index (Phi) is 4.69. The predicted octanol–water partition coefficient (Wildman–Crippen LogP) is 2.03. The van der Waals surface area contributed by atoms with Gasteiger partial charge in [-0.3, -0.25) is 14.8 Å². The molecule has 0 atom stereocenters. The third kappa shape index (κ3) is 3.47. The summed E-state index contributed by atoms with van der Waals surface area (Å²) in [5, 5.41) is 4.26. The van der Waals surface area contributed by atoms with Gasteiger partial charge < -0.3 is 9.25 Å². The van der Waals surface area contributed by atoms with Gasteiger partial charge in [0.05, 0.1) is 5.71 Å². The zero-order valence-electron chi connectivity index (χ0n) is 13.8. The molecule has 0 bridgehead atoms. The Bertz CT molecular complexity index is 1040. The lowest BCUT2D eigenvalue weighted by Gasteiger charge is -2.05. The molecular formula is C17H16N4O4. The maximum atomic E-state index is 12.3. The summed E-state index contributed by atoms with van der Waals surface area (Å²) in [4.78, 5) is 39.7. The lowest BCUT2D eigenvalue weighted by atomic mass is 10.1. The molecule has 3 heterocycles. The first-order valence-electron chi connectivity index (χ1n) is 7.83. The van der Waals surface area contributed by atoms with Crippen molar-refractivity contribution >= 4 is 16.8 Å². The van der Waals surface area contributed by atoms with Crippen molar-refractivity contribution in [2.45, 2.75) is 26.7 Å². The summed E-state index contributed by atoms with van der Waals surface area (Å²) in [6.07, 6.45) is 4.42. The second kappa shape index (κ2) is 7.08. The van der Waals surface area contributed by atoms with Crippen molar-refractivity contribution in [2.24, 2.45) is 5.16 Å². The molecule has 128 valence electrons. The van der Waals surface area contributed by atoms with E-state index in [-0.39, 0.29) is 17.1 Å². The van der Waals surface area contributed by atoms with E-state index in [2.05, 4.69) is 20.1 Å². The summed E-state index contributed by atoms with van der Waals surface area (Å²) in [5.74, 6) is 0. The Hall–Kier alpha value is -3.29. The number of hydrogen-bond donors (Lipinski definition) is 1. The predicted molar refractivity (Wildman–Crippen MR) is 92.0 cm³/mol. The average molecular weight is 340 g/mol. The molecule has 3 aromatic heterocycles. The number of fused-ring (bicyclic) bond motifs is 1. The van der Waals surface area contributed by atoms with Crippen molar-refractivity contribution < 1.29 is 9.25 Å². The van der Waals surface area contributed by atoms with E-state index in [1.54, 1.807) is 18.5 Å². The molecular weight excluding hydrogens is 324 g/mol. The smallest absolute Gasteiger partial charge is 0.337 e. The van der Waals surface area contributed by atoms with Crippen LogP contribution in [0.4, 0.5) is 0 Å². The fourth-order valence-electron chi connectivity index (χ4n) is 2.40. The molecule has 0 unspecified atom stereocenters. The van der Waals surface area contributed by atoms with Gasteiger partial charge in [-0.2, -0.15) is 4.98 Å². The minimum absolute atomic E-state index is 0.0715. The van der Waals surface area contributed by atoms with Gasteiger partial charge in [0.2, 0.25) is 5.71 Å². The molecule has 3 rings (SSSR count). The second-order valence-corrected chi connectivity index (χ2v) is 5.22. The Labute approximate surface area is 142 Å². The highest BCUT2D eigenvalue weighted by atomic mass is 16.6. The van der Waals surface area contributed by atoms with Crippen LogP contribution in [-0.4, -0.2) is 20.7 Å². The van der Waals surface area contributed by atoms with Crippen LogP contribution < -0.4 is 16.0 Å². The standard InChI is InChI=1S/C17H16N4O4/c1-3-10-8-13(22)24-16-14(10)15(23)19-17(20-16)25-21-12(4-2)11-6-5-7-18-9-11/h5-9H,3-4H2,1-2H3,(H,19,20,23). The number of aromatic amines is 1. The quantitative estimate of drug-likeness (QED) is 0.562. The van der Waals surface area contributed by atoms with Gasteiger partial charge in [0.25, 0.3) is 5.56 Å². The maximum absolute atomic E-state index is 12.3. The Morgan fingerprint density at radius 2 is 2.20 bits per heavy atom. The summed E-state index contributed by atoms with van der Waals surface area (Å²) < 4.78 is 5.02. The largest absolute Gasteiger partial charge is 0.403 e. The molecule has 0 spiro atoms. The molecule has 25 heavy (non-hydrogen) atoms. The first-order chi connectivity index (χ1) is 12.1. The normalized spacial score (nSPS) is 11.7. The summed E-state index contributed by atoms with van der Waals surface area (Å²) >= 11 is 0. The molecule has 0 amide bonds. The van der Waals surface area contributed by atoms with Crippen LogP contribution in [0, 0.1) is 0 Å². The summed E-state index contributed by atoms with van der Waals surface area (Å²) in [6.45, 7) is 3.75. The molecule has 8 heteroatoms. The van der Waals surface area contributed by atoms with E-state index in [1.165, 1.54) is 6.07 Å². The van der Waals surface area contributed by atoms with Gasteiger partial charge in [-0.05, 0) is 30.5 Å². The number of nitrogens with one attached hydrogen (secondary N) is 1. The third-order valence-electron chi connectivity index (χ3n) is 3.63. The Balaban J connectivity index is 2.01. The highest BCUT2D eigenvalue weighted by Crippen LogP contribution is 2.14. The number of H-pyrrole nitrogens is 1. The van der Waals surface area contributed by atoms with Crippen molar-refractivity contribution in [3.05, 3.63) is 62.5 Å². The monoisotopic (exact) mass is 340 g/mol. The number of aromatic nitrogens is 3. The van der Waals surface area contributed by atoms with Gasteiger partial charge in [-0.1, -0.05) is 19.0 Å². The average Bonchev–Trinajstić information content (AvgIpc) is 2.62. The van der Waals surface area contributed by atoms with Crippen LogP contribution in [0.25, 0.3) is 11.1 Å². The van der Waals surface area contributed by atoms with Gasteiger partial charge in [0.15, 0.2) is 0 Å². The number of hydrogen-bond acceptors (Lipinski definition) is 7. The van der Waals surface area contributed by atoms with Crippen LogP contribution in [0.2, 0.25) is 0 Å². The van der Waals surface area contributed by atoms with Crippen LogP contribution in [-0.2, 0) is 6.42 Å². The molecule has 0 saturated heterocycles. The molecule has 3 aromatic rings. The topological polar surface area (TPSA) is 110 Å². The summed E-state index contributed by atoms with van der Waals surface area (Å²) in [5.41, 5.74) is 0.918. The van der Waals surface area contributed by atoms with Crippen molar-refractivity contribution in [1.29, 1.82) is 0 Å². The minimum atomic E-state index is -0.568. The van der Waals surface area contributed by atoms with Crippen LogP contribution in [0.1, 0.15) is 31.4 Å². The molecule has 8 nitrogen and oxygen atoms in total. The SMILES string of the molecule is CCC(=NOc1nc2oc(=O)cc(CC)c2c(=O)[nH]1)c1cccnc1. The molecule has 0 saturated carbocycles. The van der Waals surface area contributed by atoms with Crippen LogP contribution >= 0.6 is 0 Å². The Morgan fingerprint density at radius 3 is 2.88 bits per heavy atom. The molecule has 1 N–H and O–H groups in total. The van der Waals surface area contributed by atoms with E-state index in [0.717, 1.165) is 5.56 Å². The first-order valence-corrected chi connectivity index (χ1v) is 7.83. The number of nitrogens with zero attached hydrogens (tertiary/aromatic N) is 3. The van der Waals surface area contributed by atoms with Crippen molar-refractivity contribution in [1.82, 2.24) is 15.0 Å². The van der Waals surface area contributed by atoms with E-state index in [4.69, 9.17) is 9.25 Å². The maximum Gasteiger partial charge on any atom is 0.337 e. The molecule has 0 aliphatic carbocycles. The highest BCUT2D eigenvalue weighted by molar-refractivity contribution is 5.99. The van der Waals surface area contributed by atoms with E-state index in [0.29, 0.717) is 24.1 Å². The molecule has 0 fully saturated rings. The second-order valence-electron chi connectivity index (χ2n) is 5.22. The van der Waals surface area contributed by atoms with Crippen LogP contribution in [0.3, 0.4) is 0 Å². The lowest BCUT2D eigenvalue weighted by molar-refractivity contribution is 0.310. The molecule has 0 aliphatic heterocycles. The third-order valence-corrected chi connectivity index (χ3v) is 3.63. The van der Waals surface area contributed by atoms with Gasteiger partial charge in [0.1, 0.15) is 5.39 Å². The van der Waals surface area contributed by atoms with E-state index < -0.39 is 11.2 Å². The van der Waals surface area contributed by atoms with Crippen LogP contribution in [0.5, 0.6) is 6.01 Å². The van der Waals surface area contributed by atoms with E-state index >= 15 is 0 Å². The molecule has 0 aliphatic rings. The van der Waals surface area contributed by atoms with Gasteiger partial charge in [0, 0.05) is 24.0 Å². The minimum Gasteiger partial charge on any atom is -0.403 e.